The van der Waals surface area contributed by atoms with E-state index in [1.54, 1.807) is 0 Å². The Kier molecular flexibility index (Phi) is 2.98. The van der Waals surface area contributed by atoms with Gasteiger partial charge >= 0.3 is 0 Å². The fourth-order valence-electron chi connectivity index (χ4n) is 1.75. The largest absolute Gasteiger partial charge is 0.490 e. The second-order valence-corrected chi connectivity index (χ2v) is 5.12. The topological polar surface area (TPSA) is 18.5 Å². The van der Waals surface area contributed by atoms with Crippen molar-refractivity contribution in [1.82, 2.24) is 0 Å². The number of hydrogen-bond donors (Lipinski definition) is 0. The number of fused-ring (bicyclic) bond motifs is 1. The first-order chi connectivity index (χ1) is 7.53. The Morgan fingerprint density at radius 2 is 2.12 bits per heavy atom. The van der Waals surface area contributed by atoms with Gasteiger partial charge in [0.15, 0.2) is 11.5 Å². The molecule has 0 radical (unpaired) electrons. The summed E-state index contributed by atoms with van der Waals surface area (Å²) in [5.41, 5.74) is 0.740. The molecule has 0 saturated carbocycles. The van der Waals surface area contributed by atoms with Crippen LogP contribution in [-0.2, 0) is 0 Å². The minimum Gasteiger partial charge on any atom is -0.490 e. The summed E-state index contributed by atoms with van der Waals surface area (Å²) in [5, 5.41) is 0. The van der Waals surface area contributed by atoms with Crippen molar-refractivity contribution >= 4 is 20.4 Å². The van der Waals surface area contributed by atoms with Crippen LogP contribution >= 0.6 is 15.9 Å². The lowest BCUT2D eigenvalue weighted by atomic mass is 10.0. The van der Waals surface area contributed by atoms with Gasteiger partial charge in [0.25, 0.3) is 0 Å². The van der Waals surface area contributed by atoms with Gasteiger partial charge in [-0.2, -0.15) is 0 Å². The minimum atomic E-state index is -0.307. The van der Waals surface area contributed by atoms with Crippen LogP contribution in [-0.4, -0.2) is 12.2 Å². The van der Waals surface area contributed by atoms with E-state index in [4.69, 9.17) is 9.47 Å². The lowest BCUT2D eigenvalue weighted by Gasteiger charge is -2.30. The number of ether oxygens (including phenoxy) is 2. The van der Waals surface area contributed by atoms with Gasteiger partial charge in [-0.25, -0.2) is 0 Å². The molecule has 0 aliphatic carbocycles. The number of hydrogen-bond acceptors (Lipinski definition) is 2. The molecule has 1 aromatic carbocycles. The lowest BCUT2D eigenvalue weighted by Crippen LogP contribution is -2.28. The highest BCUT2D eigenvalue weighted by Crippen LogP contribution is 2.44. The van der Waals surface area contributed by atoms with Crippen LogP contribution in [0.2, 0.25) is 0 Å². The minimum absolute atomic E-state index is 0.307. The summed E-state index contributed by atoms with van der Waals surface area (Å²) in [5.74, 6) is 1.63. The van der Waals surface area contributed by atoms with Crippen LogP contribution in [0.25, 0.3) is 4.48 Å². The summed E-state index contributed by atoms with van der Waals surface area (Å²) in [4.78, 5) is 0. The van der Waals surface area contributed by atoms with Crippen LogP contribution in [0.15, 0.2) is 24.3 Å². The van der Waals surface area contributed by atoms with E-state index < -0.39 is 0 Å². The third-order valence-corrected chi connectivity index (χ3v) is 3.03. The van der Waals surface area contributed by atoms with E-state index in [-0.39, 0.29) is 5.60 Å². The summed E-state index contributed by atoms with van der Waals surface area (Å²) in [6, 6.07) is 5.93. The molecule has 0 atom stereocenters. The average Bonchev–Trinajstić information content (AvgIpc) is 2.18. The normalized spacial score (nSPS) is 17.1. The number of para-hydroxylation sites is 1. The van der Waals surface area contributed by atoms with Crippen LogP contribution in [0.5, 0.6) is 11.5 Å². The summed E-state index contributed by atoms with van der Waals surface area (Å²) in [6.07, 6.45) is 2.06. The van der Waals surface area contributed by atoms with Gasteiger partial charge in [0, 0.05) is 10.0 Å². The van der Waals surface area contributed by atoms with Gasteiger partial charge in [0.1, 0.15) is 5.60 Å². The van der Waals surface area contributed by atoms with Gasteiger partial charge in [-0.1, -0.05) is 22.0 Å². The number of halogens is 1. The lowest BCUT2D eigenvalue weighted by molar-refractivity contribution is 0.150. The molecule has 0 fully saturated rings. The smallest absolute Gasteiger partial charge is 0.170 e. The Morgan fingerprint density at radius 3 is 2.81 bits per heavy atom. The molecule has 0 bridgehead atoms. The third-order valence-electron chi connectivity index (χ3n) is 2.38. The van der Waals surface area contributed by atoms with E-state index in [1.165, 1.54) is 0 Å². The van der Waals surface area contributed by atoms with E-state index in [1.807, 2.05) is 39.0 Å². The molecule has 1 aromatic rings. The second kappa shape index (κ2) is 4.13. The molecular formula is C13H15BrO2. The maximum absolute atomic E-state index is 5.94. The number of rotatable bonds is 2. The van der Waals surface area contributed by atoms with Crippen LogP contribution < -0.4 is 9.47 Å². The van der Waals surface area contributed by atoms with Gasteiger partial charge in [-0.15, -0.1) is 0 Å². The zero-order chi connectivity index (χ0) is 11.8. The zero-order valence-electron chi connectivity index (χ0n) is 9.71. The average molecular weight is 283 g/mol. The predicted molar refractivity (Wildman–Crippen MR) is 69.2 cm³/mol. The summed E-state index contributed by atoms with van der Waals surface area (Å²) in [6.45, 7) is 6.67. The summed E-state index contributed by atoms with van der Waals surface area (Å²) >= 11 is 3.57. The predicted octanol–water partition coefficient (Wildman–Crippen LogP) is 3.99. The molecule has 0 amide bonds. The van der Waals surface area contributed by atoms with Crippen LogP contribution in [0.4, 0.5) is 0 Å². The van der Waals surface area contributed by atoms with E-state index in [0.29, 0.717) is 6.61 Å². The maximum atomic E-state index is 5.94. The third kappa shape index (κ3) is 2.09. The molecule has 2 nitrogen and oxygen atoms in total. The highest BCUT2D eigenvalue weighted by atomic mass is 79.9. The van der Waals surface area contributed by atoms with Crippen molar-refractivity contribution in [3.8, 4) is 11.5 Å². The fourth-order valence-corrected chi connectivity index (χ4v) is 2.62. The van der Waals surface area contributed by atoms with Crippen molar-refractivity contribution in [2.75, 3.05) is 6.61 Å². The zero-order valence-corrected chi connectivity index (χ0v) is 11.3. The molecule has 1 heterocycles. The molecule has 0 N–H and O–H groups in total. The standard InChI is InChI=1S/C13H15BrO2/c1-4-15-11-7-5-6-9-10(14)8-13(2,3)16-12(9)11/h5-8H,4H2,1-3H3. The second-order valence-electron chi connectivity index (χ2n) is 4.26. The van der Waals surface area contributed by atoms with Crippen molar-refractivity contribution in [3.63, 3.8) is 0 Å². The van der Waals surface area contributed by atoms with Gasteiger partial charge in [-0.05, 0) is 39.0 Å². The van der Waals surface area contributed by atoms with Crippen molar-refractivity contribution in [2.24, 2.45) is 0 Å². The summed E-state index contributed by atoms with van der Waals surface area (Å²) in [7, 11) is 0. The number of benzene rings is 1. The molecule has 0 unspecified atom stereocenters. The van der Waals surface area contributed by atoms with Gasteiger partial charge in [-0.3, -0.25) is 0 Å². The first-order valence-corrected chi connectivity index (χ1v) is 6.16. The molecule has 1 aliphatic rings. The van der Waals surface area contributed by atoms with E-state index in [0.717, 1.165) is 21.5 Å². The van der Waals surface area contributed by atoms with E-state index in [2.05, 4.69) is 22.0 Å². The molecule has 3 heteroatoms. The first-order valence-electron chi connectivity index (χ1n) is 5.37. The summed E-state index contributed by atoms with van der Waals surface area (Å²) < 4.78 is 12.6. The molecule has 86 valence electrons. The van der Waals surface area contributed by atoms with Crippen molar-refractivity contribution in [3.05, 3.63) is 29.8 Å². The van der Waals surface area contributed by atoms with E-state index in [9.17, 15) is 0 Å². The molecule has 0 saturated heterocycles. The first kappa shape index (κ1) is 11.5. The van der Waals surface area contributed by atoms with Crippen LogP contribution in [0.3, 0.4) is 0 Å². The maximum Gasteiger partial charge on any atom is 0.170 e. The monoisotopic (exact) mass is 282 g/mol. The molecule has 0 spiro atoms. The molecule has 16 heavy (non-hydrogen) atoms. The molecule has 0 aromatic heterocycles. The van der Waals surface area contributed by atoms with Crippen LogP contribution in [0, 0.1) is 0 Å². The Morgan fingerprint density at radius 1 is 1.38 bits per heavy atom. The molecule has 2 rings (SSSR count). The van der Waals surface area contributed by atoms with Crippen molar-refractivity contribution in [1.29, 1.82) is 0 Å². The Labute approximate surface area is 104 Å². The highest BCUT2D eigenvalue weighted by molar-refractivity contribution is 9.15. The van der Waals surface area contributed by atoms with Crippen molar-refractivity contribution in [2.45, 2.75) is 26.4 Å². The highest BCUT2D eigenvalue weighted by Gasteiger charge is 2.27. The van der Waals surface area contributed by atoms with Gasteiger partial charge < -0.3 is 9.47 Å². The fraction of sp³-hybridized carbons (Fsp3) is 0.385. The van der Waals surface area contributed by atoms with Gasteiger partial charge in [0.05, 0.1) is 6.61 Å². The Hall–Kier alpha value is -0.960. The molecular weight excluding hydrogens is 268 g/mol. The van der Waals surface area contributed by atoms with Crippen LogP contribution in [0.1, 0.15) is 26.3 Å². The Bertz CT molecular complexity index is 436. The SMILES string of the molecule is CCOc1cccc2c1OC(C)(C)C=C2Br. The Balaban J connectivity index is 2.52. The van der Waals surface area contributed by atoms with Crippen molar-refractivity contribution < 1.29 is 9.47 Å². The molecule has 1 aliphatic heterocycles. The van der Waals surface area contributed by atoms with E-state index >= 15 is 0 Å². The van der Waals surface area contributed by atoms with Gasteiger partial charge in [0.2, 0.25) is 0 Å². The quantitative estimate of drug-likeness (QED) is 0.817.